The number of amides is 1. The fourth-order valence-corrected chi connectivity index (χ4v) is 2.35. The summed E-state index contributed by atoms with van der Waals surface area (Å²) < 4.78 is 0. The molecule has 1 saturated heterocycles. The lowest BCUT2D eigenvalue weighted by atomic mass is 10.0. The molecule has 4 heteroatoms. The molecule has 0 aromatic heterocycles. The van der Waals surface area contributed by atoms with Crippen molar-refractivity contribution in [1.29, 1.82) is 0 Å². The van der Waals surface area contributed by atoms with Gasteiger partial charge in [-0.1, -0.05) is 30.2 Å². The maximum atomic E-state index is 12.0. The number of halogens is 1. The highest BCUT2D eigenvalue weighted by Crippen LogP contribution is 2.16. The molecule has 0 saturated carbocycles. The van der Waals surface area contributed by atoms with E-state index < -0.39 is 0 Å². The first-order chi connectivity index (χ1) is 8.66. The van der Waals surface area contributed by atoms with Gasteiger partial charge in [-0.05, 0) is 44.0 Å². The summed E-state index contributed by atoms with van der Waals surface area (Å²) in [6, 6.07) is 7.56. The number of nitrogens with one attached hydrogen (secondary N) is 2. The average Bonchev–Trinajstić information content (AvgIpc) is 2.40. The minimum Gasteiger partial charge on any atom is -0.348 e. The van der Waals surface area contributed by atoms with Gasteiger partial charge in [-0.15, -0.1) is 0 Å². The molecule has 98 valence electrons. The lowest BCUT2D eigenvalue weighted by Gasteiger charge is -2.24. The molecule has 1 fully saturated rings. The zero-order valence-corrected chi connectivity index (χ0v) is 11.3. The summed E-state index contributed by atoms with van der Waals surface area (Å²) in [6.07, 6.45) is 3.22. The van der Waals surface area contributed by atoms with Crippen LogP contribution in [0.15, 0.2) is 24.3 Å². The largest absolute Gasteiger partial charge is 0.348 e. The van der Waals surface area contributed by atoms with Crippen molar-refractivity contribution in [2.45, 2.75) is 38.3 Å². The molecular weight excluding hydrogens is 248 g/mol. The third-order valence-corrected chi connectivity index (χ3v) is 3.61. The molecule has 1 heterocycles. The van der Waals surface area contributed by atoms with Crippen LogP contribution in [-0.2, 0) is 4.79 Å². The molecule has 2 rings (SSSR count). The first kappa shape index (κ1) is 13.4. The van der Waals surface area contributed by atoms with Crippen LogP contribution in [0.5, 0.6) is 0 Å². The molecule has 0 bridgehead atoms. The average molecular weight is 267 g/mol. The Bertz CT molecular complexity index is 399. The minimum atomic E-state index is -0.0338. The molecule has 3 nitrogen and oxygen atoms in total. The highest BCUT2D eigenvalue weighted by molar-refractivity contribution is 6.30. The maximum Gasteiger partial charge on any atom is 0.237 e. The fourth-order valence-electron chi connectivity index (χ4n) is 2.22. The molecule has 1 unspecified atom stereocenters. The summed E-state index contributed by atoms with van der Waals surface area (Å²) in [5.41, 5.74) is 1.07. The van der Waals surface area contributed by atoms with E-state index in [9.17, 15) is 4.79 Å². The van der Waals surface area contributed by atoms with Crippen LogP contribution in [0, 0.1) is 0 Å². The first-order valence-corrected chi connectivity index (χ1v) is 6.84. The molecule has 1 aromatic rings. The second-order valence-electron chi connectivity index (χ2n) is 4.78. The topological polar surface area (TPSA) is 41.1 Å². The highest BCUT2D eigenvalue weighted by Gasteiger charge is 2.21. The Kier molecular flexibility index (Phi) is 4.61. The van der Waals surface area contributed by atoms with Crippen LogP contribution in [0.3, 0.4) is 0 Å². The number of carbonyl (C=O) groups excluding carboxylic acids is 1. The van der Waals surface area contributed by atoms with Gasteiger partial charge >= 0.3 is 0 Å². The Morgan fingerprint density at radius 3 is 2.72 bits per heavy atom. The van der Waals surface area contributed by atoms with Gasteiger partial charge in [-0.3, -0.25) is 4.79 Å². The fraction of sp³-hybridized carbons (Fsp3) is 0.500. The quantitative estimate of drug-likeness (QED) is 0.883. The predicted molar refractivity (Wildman–Crippen MR) is 73.7 cm³/mol. The normalized spacial score (nSPS) is 21.3. The summed E-state index contributed by atoms with van der Waals surface area (Å²) in [4.78, 5) is 12.0. The van der Waals surface area contributed by atoms with Crippen LogP contribution >= 0.6 is 11.6 Å². The van der Waals surface area contributed by atoms with E-state index in [0.29, 0.717) is 5.02 Å². The van der Waals surface area contributed by atoms with Gasteiger partial charge < -0.3 is 10.6 Å². The van der Waals surface area contributed by atoms with E-state index in [-0.39, 0.29) is 18.0 Å². The van der Waals surface area contributed by atoms with Crippen molar-refractivity contribution < 1.29 is 4.79 Å². The van der Waals surface area contributed by atoms with Crippen LogP contribution < -0.4 is 10.6 Å². The second-order valence-corrected chi connectivity index (χ2v) is 5.22. The monoisotopic (exact) mass is 266 g/mol. The number of piperidine rings is 1. The Labute approximate surface area is 113 Å². The van der Waals surface area contributed by atoms with Crippen LogP contribution in [0.4, 0.5) is 0 Å². The van der Waals surface area contributed by atoms with Gasteiger partial charge in [-0.25, -0.2) is 0 Å². The van der Waals surface area contributed by atoms with Gasteiger partial charge in [0.15, 0.2) is 0 Å². The highest BCUT2D eigenvalue weighted by atomic mass is 35.5. The molecule has 1 amide bonds. The van der Waals surface area contributed by atoms with Crippen molar-refractivity contribution >= 4 is 17.5 Å². The lowest BCUT2D eigenvalue weighted by Crippen LogP contribution is -2.47. The Balaban J connectivity index is 1.91. The van der Waals surface area contributed by atoms with E-state index in [0.717, 1.165) is 31.4 Å². The van der Waals surface area contributed by atoms with Gasteiger partial charge in [0.2, 0.25) is 5.91 Å². The third-order valence-electron chi connectivity index (χ3n) is 3.36. The molecule has 2 N–H and O–H groups in total. The van der Waals surface area contributed by atoms with Crippen molar-refractivity contribution in [2.24, 2.45) is 0 Å². The molecule has 1 aromatic carbocycles. The van der Waals surface area contributed by atoms with E-state index in [1.165, 1.54) is 0 Å². The SMILES string of the molecule is CC(NC(=O)[C@H]1CCCCN1)c1ccc(Cl)cc1. The molecule has 18 heavy (non-hydrogen) atoms. The molecule has 1 aliphatic heterocycles. The van der Waals surface area contributed by atoms with Crippen LogP contribution in [-0.4, -0.2) is 18.5 Å². The van der Waals surface area contributed by atoms with E-state index in [1.54, 1.807) is 0 Å². The zero-order chi connectivity index (χ0) is 13.0. The van der Waals surface area contributed by atoms with E-state index >= 15 is 0 Å². The van der Waals surface area contributed by atoms with Gasteiger partial charge in [-0.2, -0.15) is 0 Å². The summed E-state index contributed by atoms with van der Waals surface area (Å²) in [7, 11) is 0. The smallest absolute Gasteiger partial charge is 0.237 e. The third kappa shape index (κ3) is 3.47. The van der Waals surface area contributed by atoms with E-state index in [1.807, 2.05) is 31.2 Å². The van der Waals surface area contributed by atoms with Crippen molar-refractivity contribution in [2.75, 3.05) is 6.54 Å². The molecule has 0 spiro atoms. The first-order valence-electron chi connectivity index (χ1n) is 6.46. The molecule has 1 aliphatic rings. The van der Waals surface area contributed by atoms with E-state index in [2.05, 4.69) is 10.6 Å². The lowest BCUT2D eigenvalue weighted by molar-refractivity contribution is -0.124. The van der Waals surface area contributed by atoms with Gasteiger partial charge in [0.25, 0.3) is 0 Å². The molecular formula is C14H19ClN2O. The molecule has 0 radical (unpaired) electrons. The zero-order valence-electron chi connectivity index (χ0n) is 10.6. The minimum absolute atomic E-state index is 0.0125. The van der Waals surface area contributed by atoms with Crippen molar-refractivity contribution in [3.8, 4) is 0 Å². The number of benzene rings is 1. The van der Waals surface area contributed by atoms with Crippen LogP contribution in [0.2, 0.25) is 5.02 Å². The summed E-state index contributed by atoms with van der Waals surface area (Å²) in [5, 5.41) is 7.01. The number of hydrogen-bond acceptors (Lipinski definition) is 2. The molecule has 0 aliphatic carbocycles. The summed E-state index contributed by atoms with van der Waals surface area (Å²) in [6.45, 7) is 2.93. The number of hydrogen-bond donors (Lipinski definition) is 2. The number of carbonyl (C=O) groups is 1. The van der Waals surface area contributed by atoms with Gasteiger partial charge in [0, 0.05) is 5.02 Å². The predicted octanol–water partition coefficient (Wildman–Crippen LogP) is 2.66. The standard InChI is InChI=1S/C14H19ClN2O/c1-10(11-5-7-12(15)8-6-11)17-14(18)13-4-2-3-9-16-13/h5-8,10,13,16H,2-4,9H2,1H3,(H,17,18)/t10?,13-/m1/s1. The Morgan fingerprint density at radius 1 is 1.39 bits per heavy atom. The summed E-state index contributed by atoms with van der Waals surface area (Å²) in [5.74, 6) is 0.0946. The van der Waals surface area contributed by atoms with Crippen LogP contribution in [0.25, 0.3) is 0 Å². The van der Waals surface area contributed by atoms with Crippen molar-refractivity contribution in [1.82, 2.24) is 10.6 Å². The second kappa shape index (κ2) is 6.21. The van der Waals surface area contributed by atoms with Crippen molar-refractivity contribution in [3.05, 3.63) is 34.9 Å². The van der Waals surface area contributed by atoms with Gasteiger partial charge in [0.05, 0.1) is 12.1 Å². The van der Waals surface area contributed by atoms with E-state index in [4.69, 9.17) is 11.6 Å². The number of rotatable bonds is 3. The summed E-state index contributed by atoms with van der Waals surface area (Å²) >= 11 is 5.85. The van der Waals surface area contributed by atoms with Crippen molar-refractivity contribution in [3.63, 3.8) is 0 Å². The van der Waals surface area contributed by atoms with Gasteiger partial charge in [0.1, 0.15) is 0 Å². The maximum absolute atomic E-state index is 12.0. The Morgan fingerprint density at radius 2 is 2.11 bits per heavy atom. The Hall–Kier alpha value is -1.06. The molecule has 2 atom stereocenters. The van der Waals surface area contributed by atoms with Crippen LogP contribution in [0.1, 0.15) is 37.8 Å².